The lowest BCUT2D eigenvalue weighted by Gasteiger charge is -2.36. The molecule has 0 spiro atoms. The van der Waals surface area contributed by atoms with E-state index in [9.17, 15) is 13.2 Å². The summed E-state index contributed by atoms with van der Waals surface area (Å²) in [4.78, 5) is 14.4. The topological polar surface area (TPSA) is 72.3 Å². The Bertz CT molecular complexity index is 627. The minimum Gasteiger partial charge on any atom is -0.333 e. The van der Waals surface area contributed by atoms with Gasteiger partial charge in [0, 0.05) is 36.5 Å². The number of thioether (sulfide) groups is 1. The van der Waals surface area contributed by atoms with E-state index in [1.165, 1.54) is 0 Å². The molecule has 6 nitrogen and oxygen atoms in total. The van der Waals surface area contributed by atoms with Crippen LogP contribution in [0, 0.1) is 5.92 Å². The summed E-state index contributed by atoms with van der Waals surface area (Å²) in [6.07, 6.45) is 5.48. The molecule has 0 unspecified atom stereocenters. The fourth-order valence-corrected chi connectivity index (χ4v) is 4.81. The third kappa shape index (κ3) is 3.84. The quantitative estimate of drug-likeness (QED) is 0.802. The predicted molar refractivity (Wildman–Crippen MR) is 88.6 cm³/mol. The zero-order valence-electron chi connectivity index (χ0n) is 13.2. The number of nitrogens with zero attached hydrogens (tertiary/aromatic N) is 3. The van der Waals surface area contributed by atoms with Crippen LogP contribution < -0.4 is 0 Å². The van der Waals surface area contributed by atoms with Gasteiger partial charge in [-0.3, -0.25) is 9.48 Å². The van der Waals surface area contributed by atoms with Gasteiger partial charge in [-0.1, -0.05) is 6.92 Å². The van der Waals surface area contributed by atoms with E-state index in [2.05, 4.69) is 5.10 Å². The van der Waals surface area contributed by atoms with Crippen LogP contribution in [0.1, 0.15) is 25.5 Å². The fraction of sp³-hybridized carbons (Fsp3) is 0.714. The molecule has 1 aliphatic heterocycles. The minimum atomic E-state index is -3.12. The van der Waals surface area contributed by atoms with Gasteiger partial charge in [0.15, 0.2) is 9.84 Å². The lowest BCUT2D eigenvalue weighted by Crippen LogP contribution is -2.48. The Morgan fingerprint density at radius 2 is 2.27 bits per heavy atom. The lowest BCUT2D eigenvalue weighted by atomic mass is 10.1. The summed E-state index contributed by atoms with van der Waals surface area (Å²) in [6.45, 7) is 4.85. The van der Waals surface area contributed by atoms with Gasteiger partial charge >= 0.3 is 0 Å². The van der Waals surface area contributed by atoms with E-state index in [4.69, 9.17) is 0 Å². The first-order valence-corrected chi connectivity index (χ1v) is 10.6. The summed E-state index contributed by atoms with van der Waals surface area (Å²) in [7, 11) is -3.12. The first-order chi connectivity index (χ1) is 10.4. The summed E-state index contributed by atoms with van der Waals surface area (Å²) in [5.41, 5.74) is 0.801. The van der Waals surface area contributed by atoms with Gasteiger partial charge in [-0.25, -0.2) is 8.42 Å². The molecule has 0 aromatic carbocycles. The van der Waals surface area contributed by atoms with Crippen LogP contribution in [0.25, 0.3) is 0 Å². The molecule has 1 aromatic rings. The van der Waals surface area contributed by atoms with Crippen molar-refractivity contribution in [2.24, 2.45) is 5.92 Å². The number of carbonyl (C=O) groups excluding carboxylic acids is 1. The molecular weight excluding hydrogens is 322 g/mol. The number of amides is 1. The average molecular weight is 345 g/mol. The molecule has 1 fully saturated rings. The summed E-state index contributed by atoms with van der Waals surface area (Å²) in [5.74, 6) is 0.685. The van der Waals surface area contributed by atoms with Crippen molar-refractivity contribution in [1.29, 1.82) is 0 Å². The van der Waals surface area contributed by atoms with E-state index in [0.29, 0.717) is 0 Å². The number of sulfone groups is 1. The van der Waals surface area contributed by atoms with Gasteiger partial charge in [-0.05, 0) is 13.2 Å². The van der Waals surface area contributed by atoms with Crippen molar-refractivity contribution in [2.75, 3.05) is 30.1 Å². The fourth-order valence-electron chi connectivity index (χ4n) is 2.68. The van der Waals surface area contributed by atoms with Crippen molar-refractivity contribution in [3.8, 4) is 0 Å². The zero-order chi connectivity index (χ0) is 16.3. The minimum absolute atomic E-state index is 0.0138. The first-order valence-electron chi connectivity index (χ1n) is 7.40. The molecular formula is C14H23N3O3S2. The second kappa shape index (κ2) is 7.04. The molecule has 0 aliphatic carbocycles. The SMILES string of the molecule is CCn1cc([C@H]2CS(=O)(=O)CCN2C(=O)[C@H](C)CSC)cn1. The van der Waals surface area contributed by atoms with Crippen molar-refractivity contribution in [3.63, 3.8) is 0 Å². The number of hydrogen-bond donors (Lipinski definition) is 0. The molecule has 0 radical (unpaired) electrons. The van der Waals surface area contributed by atoms with Gasteiger partial charge in [0.1, 0.15) is 0 Å². The molecule has 2 atom stereocenters. The highest BCUT2D eigenvalue weighted by atomic mass is 32.2. The zero-order valence-corrected chi connectivity index (χ0v) is 14.9. The second-order valence-electron chi connectivity index (χ2n) is 5.65. The van der Waals surface area contributed by atoms with Crippen LogP contribution >= 0.6 is 11.8 Å². The lowest BCUT2D eigenvalue weighted by molar-refractivity contribution is -0.136. The standard InChI is InChI=1S/C14H23N3O3S2/c1-4-16-8-12(7-15-16)13-10-22(19,20)6-5-17(13)14(18)11(2)9-21-3/h7-8,11,13H,4-6,9-10H2,1-3H3/t11-,13-/m1/s1. The Kier molecular flexibility index (Phi) is 5.55. The maximum Gasteiger partial charge on any atom is 0.226 e. The van der Waals surface area contributed by atoms with Crippen molar-refractivity contribution < 1.29 is 13.2 Å². The smallest absolute Gasteiger partial charge is 0.226 e. The Morgan fingerprint density at radius 1 is 1.55 bits per heavy atom. The molecule has 0 N–H and O–H groups in total. The molecule has 8 heteroatoms. The van der Waals surface area contributed by atoms with Gasteiger partial charge in [-0.15, -0.1) is 0 Å². The van der Waals surface area contributed by atoms with Crippen molar-refractivity contribution in [1.82, 2.24) is 14.7 Å². The third-order valence-electron chi connectivity index (χ3n) is 3.91. The van der Waals surface area contributed by atoms with Crippen molar-refractivity contribution >= 4 is 27.5 Å². The van der Waals surface area contributed by atoms with E-state index in [1.54, 1.807) is 27.5 Å². The van der Waals surface area contributed by atoms with Crippen molar-refractivity contribution in [3.05, 3.63) is 18.0 Å². The maximum absolute atomic E-state index is 12.6. The molecule has 1 saturated heterocycles. The Balaban J connectivity index is 2.28. The highest BCUT2D eigenvalue weighted by Crippen LogP contribution is 2.28. The summed E-state index contributed by atoms with van der Waals surface area (Å²) in [6, 6.07) is -0.421. The van der Waals surface area contributed by atoms with Crippen LogP contribution in [0.3, 0.4) is 0 Å². The van der Waals surface area contributed by atoms with Gasteiger partial charge < -0.3 is 4.90 Å². The van der Waals surface area contributed by atoms with E-state index in [1.807, 2.05) is 26.3 Å². The van der Waals surface area contributed by atoms with Crippen LogP contribution in [-0.2, 0) is 21.2 Å². The molecule has 124 valence electrons. The molecule has 0 saturated carbocycles. The van der Waals surface area contributed by atoms with Gasteiger partial charge in [-0.2, -0.15) is 16.9 Å². The normalized spacial score (nSPS) is 22.5. The Labute approximate surface area is 136 Å². The molecule has 0 bridgehead atoms. The summed E-state index contributed by atoms with van der Waals surface area (Å²) in [5, 5.41) is 4.21. The van der Waals surface area contributed by atoms with E-state index >= 15 is 0 Å². The maximum atomic E-state index is 12.6. The Morgan fingerprint density at radius 3 is 2.86 bits per heavy atom. The van der Waals surface area contributed by atoms with E-state index < -0.39 is 15.9 Å². The van der Waals surface area contributed by atoms with Crippen LogP contribution in [0.15, 0.2) is 12.4 Å². The number of carbonyl (C=O) groups is 1. The largest absolute Gasteiger partial charge is 0.333 e. The molecule has 1 aromatic heterocycles. The number of aromatic nitrogens is 2. The Hall–Kier alpha value is -1.02. The number of aryl methyl sites for hydroxylation is 1. The molecule has 2 heterocycles. The number of hydrogen-bond acceptors (Lipinski definition) is 5. The highest BCUT2D eigenvalue weighted by Gasteiger charge is 2.37. The van der Waals surface area contributed by atoms with E-state index in [-0.39, 0.29) is 29.9 Å². The van der Waals surface area contributed by atoms with Crippen molar-refractivity contribution in [2.45, 2.75) is 26.4 Å². The second-order valence-corrected chi connectivity index (χ2v) is 8.79. The van der Waals surface area contributed by atoms with Gasteiger partial charge in [0.2, 0.25) is 5.91 Å². The molecule has 2 rings (SSSR count). The third-order valence-corrected chi connectivity index (χ3v) is 6.38. The summed E-state index contributed by atoms with van der Waals surface area (Å²) >= 11 is 1.62. The molecule has 22 heavy (non-hydrogen) atoms. The van der Waals surface area contributed by atoms with Crippen LogP contribution in [0.5, 0.6) is 0 Å². The molecule has 1 aliphatic rings. The summed E-state index contributed by atoms with van der Waals surface area (Å²) < 4.78 is 25.8. The van der Waals surface area contributed by atoms with Gasteiger partial charge in [0.05, 0.1) is 23.7 Å². The first kappa shape index (κ1) is 17.3. The van der Waals surface area contributed by atoms with E-state index in [0.717, 1.165) is 17.9 Å². The predicted octanol–water partition coefficient (Wildman–Crippen LogP) is 1.20. The average Bonchev–Trinajstić information content (AvgIpc) is 2.95. The highest BCUT2D eigenvalue weighted by molar-refractivity contribution is 7.98. The monoisotopic (exact) mass is 345 g/mol. The molecule has 1 amide bonds. The number of rotatable bonds is 5. The van der Waals surface area contributed by atoms with Gasteiger partial charge in [0.25, 0.3) is 0 Å². The van der Waals surface area contributed by atoms with Crippen LogP contribution in [0.2, 0.25) is 0 Å². The van der Waals surface area contributed by atoms with Crippen LogP contribution in [-0.4, -0.2) is 59.1 Å². The van der Waals surface area contributed by atoms with Crippen LogP contribution in [0.4, 0.5) is 0 Å².